The maximum atomic E-state index is 13.1. The minimum atomic E-state index is -0.235. The molecule has 2 aromatic carbocycles. The van der Waals surface area contributed by atoms with Crippen LogP contribution in [-0.4, -0.2) is 9.97 Å². The summed E-state index contributed by atoms with van der Waals surface area (Å²) in [4.78, 5) is 7.63. The minimum absolute atomic E-state index is 0.235. The molecule has 0 bridgehead atoms. The molecule has 0 radical (unpaired) electrons. The van der Waals surface area contributed by atoms with Crippen LogP contribution in [0.25, 0.3) is 11.0 Å². The van der Waals surface area contributed by atoms with Gasteiger partial charge in [-0.25, -0.2) is 9.37 Å². The summed E-state index contributed by atoms with van der Waals surface area (Å²) < 4.78 is 13.1. The van der Waals surface area contributed by atoms with Gasteiger partial charge in [-0.2, -0.15) is 0 Å². The first-order valence-corrected chi connectivity index (χ1v) is 6.40. The van der Waals surface area contributed by atoms with Gasteiger partial charge in [0.2, 0.25) is 0 Å². The van der Waals surface area contributed by atoms with E-state index in [1.165, 1.54) is 23.3 Å². The van der Waals surface area contributed by atoms with Crippen LogP contribution < -0.4 is 0 Å². The molecule has 3 heteroatoms. The molecule has 0 unspecified atom stereocenters. The molecule has 0 atom stereocenters. The summed E-state index contributed by atoms with van der Waals surface area (Å²) in [5.74, 6) is 0.669. The zero-order chi connectivity index (χ0) is 13.2. The van der Waals surface area contributed by atoms with Crippen molar-refractivity contribution in [1.29, 1.82) is 0 Å². The van der Waals surface area contributed by atoms with Crippen molar-refractivity contribution >= 4 is 11.0 Å². The van der Waals surface area contributed by atoms with E-state index in [1.807, 2.05) is 0 Å². The summed E-state index contributed by atoms with van der Waals surface area (Å²) in [6.45, 7) is 2.08. The first-order chi connectivity index (χ1) is 9.20. The van der Waals surface area contributed by atoms with Crippen LogP contribution in [-0.2, 0) is 12.8 Å². The van der Waals surface area contributed by atoms with Gasteiger partial charge in [0.15, 0.2) is 0 Å². The normalized spacial score (nSPS) is 11.1. The van der Waals surface area contributed by atoms with Gasteiger partial charge >= 0.3 is 0 Å². The topological polar surface area (TPSA) is 28.7 Å². The lowest BCUT2D eigenvalue weighted by Crippen LogP contribution is -1.93. The van der Waals surface area contributed by atoms with Crippen LogP contribution in [0.15, 0.2) is 42.5 Å². The molecule has 3 rings (SSSR count). The molecule has 1 aromatic heterocycles. The van der Waals surface area contributed by atoms with E-state index in [0.717, 1.165) is 29.7 Å². The lowest BCUT2D eigenvalue weighted by atomic mass is 10.1. The summed E-state index contributed by atoms with van der Waals surface area (Å²) in [7, 11) is 0. The van der Waals surface area contributed by atoms with E-state index in [-0.39, 0.29) is 5.82 Å². The van der Waals surface area contributed by atoms with E-state index in [0.29, 0.717) is 0 Å². The number of H-pyrrole nitrogens is 1. The highest BCUT2D eigenvalue weighted by molar-refractivity contribution is 5.74. The van der Waals surface area contributed by atoms with Crippen molar-refractivity contribution in [3.05, 3.63) is 65.2 Å². The van der Waals surface area contributed by atoms with Gasteiger partial charge in [0.1, 0.15) is 11.6 Å². The molecule has 0 aliphatic rings. The van der Waals surface area contributed by atoms with Crippen molar-refractivity contribution in [3.63, 3.8) is 0 Å². The van der Waals surface area contributed by atoms with Gasteiger partial charge < -0.3 is 4.98 Å². The van der Waals surface area contributed by atoms with Crippen LogP contribution in [0.2, 0.25) is 0 Å². The molecule has 0 saturated heterocycles. The first kappa shape index (κ1) is 11.9. The molecule has 2 nitrogen and oxygen atoms in total. The highest BCUT2D eigenvalue weighted by Crippen LogP contribution is 2.14. The van der Waals surface area contributed by atoms with Crippen molar-refractivity contribution in [2.75, 3.05) is 0 Å². The van der Waals surface area contributed by atoms with Crippen LogP contribution in [0.3, 0.4) is 0 Å². The molecule has 0 spiro atoms. The van der Waals surface area contributed by atoms with E-state index in [2.05, 4.69) is 41.2 Å². The van der Waals surface area contributed by atoms with Gasteiger partial charge in [-0.15, -0.1) is 0 Å². The number of benzene rings is 2. The number of aromatic nitrogens is 2. The Balaban J connectivity index is 1.76. The van der Waals surface area contributed by atoms with Gasteiger partial charge in [0, 0.05) is 6.42 Å². The molecule has 19 heavy (non-hydrogen) atoms. The first-order valence-electron chi connectivity index (χ1n) is 6.40. The number of nitrogens with zero attached hydrogens (tertiary/aromatic N) is 1. The predicted molar refractivity (Wildman–Crippen MR) is 74.6 cm³/mol. The number of fused-ring (bicyclic) bond motifs is 1. The number of hydrogen-bond donors (Lipinski definition) is 1. The summed E-state index contributed by atoms with van der Waals surface area (Å²) in [6, 6.07) is 13.1. The fraction of sp³-hybridized carbons (Fsp3) is 0.188. The van der Waals surface area contributed by atoms with Crippen LogP contribution >= 0.6 is 0 Å². The van der Waals surface area contributed by atoms with Crippen molar-refractivity contribution < 1.29 is 4.39 Å². The molecule has 0 fully saturated rings. The Kier molecular flexibility index (Phi) is 3.03. The smallest absolute Gasteiger partial charge is 0.125 e. The second-order valence-electron chi connectivity index (χ2n) is 4.83. The maximum Gasteiger partial charge on any atom is 0.125 e. The molecule has 1 N–H and O–H groups in total. The number of hydrogen-bond acceptors (Lipinski definition) is 1. The van der Waals surface area contributed by atoms with Gasteiger partial charge in [-0.05, 0) is 37.1 Å². The quantitative estimate of drug-likeness (QED) is 0.756. The Labute approximate surface area is 111 Å². The molecule has 0 aliphatic carbocycles. The van der Waals surface area contributed by atoms with Crippen LogP contribution in [0.4, 0.5) is 4.39 Å². The van der Waals surface area contributed by atoms with Crippen molar-refractivity contribution in [2.45, 2.75) is 19.8 Å². The highest BCUT2D eigenvalue weighted by atomic mass is 19.1. The lowest BCUT2D eigenvalue weighted by Gasteiger charge is -1.99. The standard InChI is InChI=1S/C16H15FN2/c1-11-2-4-12(5-3-11)6-9-16-18-14-8-7-13(17)10-15(14)19-16/h2-5,7-8,10H,6,9H2,1H3,(H,18,19). The monoisotopic (exact) mass is 254 g/mol. The summed E-state index contributed by atoms with van der Waals surface area (Å²) in [5, 5.41) is 0. The fourth-order valence-electron chi connectivity index (χ4n) is 2.17. The molecule has 0 amide bonds. The highest BCUT2D eigenvalue weighted by Gasteiger charge is 2.04. The SMILES string of the molecule is Cc1ccc(CCc2nc3ccc(F)cc3[nH]2)cc1. The number of halogens is 1. The van der Waals surface area contributed by atoms with E-state index in [1.54, 1.807) is 6.07 Å². The number of rotatable bonds is 3. The fourth-order valence-corrected chi connectivity index (χ4v) is 2.17. The minimum Gasteiger partial charge on any atom is -0.342 e. The van der Waals surface area contributed by atoms with Crippen LogP contribution in [0.5, 0.6) is 0 Å². The maximum absolute atomic E-state index is 13.1. The van der Waals surface area contributed by atoms with E-state index in [9.17, 15) is 4.39 Å². The number of aromatic amines is 1. The summed E-state index contributed by atoms with van der Waals surface area (Å²) in [6.07, 6.45) is 1.77. The third kappa shape index (κ3) is 2.65. The predicted octanol–water partition coefficient (Wildman–Crippen LogP) is 3.80. The lowest BCUT2D eigenvalue weighted by molar-refractivity contribution is 0.629. The van der Waals surface area contributed by atoms with Crippen molar-refractivity contribution in [1.82, 2.24) is 9.97 Å². The van der Waals surface area contributed by atoms with Gasteiger partial charge in [0.25, 0.3) is 0 Å². The average Bonchev–Trinajstić information content (AvgIpc) is 2.80. The van der Waals surface area contributed by atoms with Crippen molar-refractivity contribution in [3.8, 4) is 0 Å². The van der Waals surface area contributed by atoms with E-state index < -0.39 is 0 Å². The van der Waals surface area contributed by atoms with Crippen LogP contribution in [0.1, 0.15) is 17.0 Å². The number of aryl methyl sites for hydroxylation is 3. The van der Waals surface area contributed by atoms with Crippen LogP contribution in [0, 0.1) is 12.7 Å². The third-order valence-corrected chi connectivity index (χ3v) is 3.26. The Morgan fingerprint density at radius 1 is 1.05 bits per heavy atom. The summed E-state index contributed by atoms with van der Waals surface area (Å²) in [5.41, 5.74) is 4.14. The molecular formula is C16H15FN2. The van der Waals surface area contributed by atoms with E-state index in [4.69, 9.17) is 0 Å². The zero-order valence-corrected chi connectivity index (χ0v) is 10.8. The second kappa shape index (κ2) is 4.84. The average molecular weight is 254 g/mol. The molecule has 0 saturated carbocycles. The zero-order valence-electron chi connectivity index (χ0n) is 10.8. The van der Waals surface area contributed by atoms with Gasteiger partial charge in [-0.1, -0.05) is 29.8 Å². The molecule has 1 heterocycles. The Hall–Kier alpha value is -2.16. The van der Waals surface area contributed by atoms with E-state index >= 15 is 0 Å². The summed E-state index contributed by atoms with van der Waals surface area (Å²) >= 11 is 0. The Morgan fingerprint density at radius 3 is 2.63 bits per heavy atom. The Bertz CT molecular complexity index is 698. The molecule has 0 aliphatic heterocycles. The number of nitrogens with one attached hydrogen (secondary N) is 1. The van der Waals surface area contributed by atoms with Gasteiger partial charge in [0.05, 0.1) is 11.0 Å². The molecular weight excluding hydrogens is 239 g/mol. The Morgan fingerprint density at radius 2 is 1.84 bits per heavy atom. The number of imidazole rings is 1. The molecule has 3 aromatic rings. The third-order valence-electron chi connectivity index (χ3n) is 3.26. The largest absolute Gasteiger partial charge is 0.342 e. The van der Waals surface area contributed by atoms with Gasteiger partial charge in [-0.3, -0.25) is 0 Å². The van der Waals surface area contributed by atoms with Crippen molar-refractivity contribution in [2.24, 2.45) is 0 Å². The molecule has 96 valence electrons. The second-order valence-corrected chi connectivity index (χ2v) is 4.83.